The highest BCUT2D eigenvalue weighted by Crippen LogP contribution is 2.35. The SMILES string of the molecule is Clc1ccc(-c2ccc3ccc4c5ccccc5oc4c3c2)cc1. The molecule has 2 heteroatoms. The minimum atomic E-state index is 0.749. The van der Waals surface area contributed by atoms with Crippen LogP contribution in [0.4, 0.5) is 0 Å². The topological polar surface area (TPSA) is 13.1 Å². The highest BCUT2D eigenvalue weighted by Gasteiger charge is 2.10. The van der Waals surface area contributed by atoms with Gasteiger partial charge in [-0.05, 0) is 46.8 Å². The van der Waals surface area contributed by atoms with Crippen LogP contribution in [0.1, 0.15) is 0 Å². The Morgan fingerprint density at radius 3 is 2.25 bits per heavy atom. The first kappa shape index (κ1) is 13.6. The van der Waals surface area contributed by atoms with Crippen LogP contribution < -0.4 is 0 Å². The van der Waals surface area contributed by atoms with E-state index in [0.717, 1.165) is 43.5 Å². The van der Waals surface area contributed by atoms with Crippen LogP contribution in [-0.2, 0) is 0 Å². The fraction of sp³-hybridized carbons (Fsp3) is 0. The minimum Gasteiger partial charge on any atom is -0.455 e. The van der Waals surface area contributed by atoms with Crippen LogP contribution in [-0.4, -0.2) is 0 Å². The Morgan fingerprint density at radius 2 is 1.38 bits per heavy atom. The van der Waals surface area contributed by atoms with Crippen LogP contribution in [0, 0.1) is 0 Å². The quantitative estimate of drug-likeness (QED) is 0.321. The molecule has 0 saturated carbocycles. The van der Waals surface area contributed by atoms with Crippen LogP contribution >= 0.6 is 11.6 Å². The van der Waals surface area contributed by atoms with Gasteiger partial charge in [-0.3, -0.25) is 0 Å². The summed E-state index contributed by atoms with van der Waals surface area (Å²) >= 11 is 6.00. The lowest BCUT2D eigenvalue weighted by molar-refractivity contribution is 0.672. The molecule has 1 heterocycles. The highest BCUT2D eigenvalue weighted by atomic mass is 35.5. The van der Waals surface area contributed by atoms with Gasteiger partial charge in [0.2, 0.25) is 0 Å². The number of hydrogen-bond acceptors (Lipinski definition) is 1. The molecule has 0 aliphatic carbocycles. The number of benzene rings is 4. The highest BCUT2D eigenvalue weighted by molar-refractivity contribution is 6.30. The largest absolute Gasteiger partial charge is 0.455 e. The minimum absolute atomic E-state index is 0.749. The van der Waals surface area contributed by atoms with E-state index in [0.29, 0.717) is 0 Å². The fourth-order valence-electron chi connectivity index (χ4n) is 3.32. The van der Waals surface area contributed by atoms with E-state index < -0.39 is 0 Å². The van der Waals surface area contributed by atoms with E-state index in [1.165, 1.54) is 5.39 Å². The van der Waals surface area contributed by atoms with Gasteiger partial charge in [-0.25, -0.2) is 0 Å². The second-order valence-corrected chi connectivity index (χ2v) is 6.42. The smallest absolute Gasteiger partial charge is 0.143 e. The zero-order chi connectivity index (χ0) is 16.1. The molecular weight excluding hydrogens is 316 g/mol. The van der Waals surface area contributed by atoms with Gasteiger partial charge in [0.1, 0.15) is 11.2 Å². The average Bonchev–Trinajstić information content (AvgIpc) is 3.01. The molecule has 0 saturated heterocycles. The van der Waals surface area contributed by atoms with Crippen molar-refractivity contribution in [3.05, 3.63) is 83.9 Å². The summed E-state index contributed by atoms with van der Waals surface area (Å²) in [7, 11) is 0. The zero-order valence-corrected chi connectivity index (χ0v) is 13.5. The number of para-hydroxylation sites is 1. The van der Waals surface area contributed by atoms with E-state index >= 15 is 0 Å². The second kappa shape index (κ2) is 5.12. The normalized spacial score (nSPS) is 11.5. The van der Waals surface area contributed by atoms with Crippen LogP contribution in [0.15, 0.2) is 83.3 Å². The Kier molecular flexibility index (Phi) is 2.91. The molecule has 0 unspecified atom stereocenters. The van der Waals surface area contributed by atoms with Crippen molar-refractivity contribution in [2.24, 2.45) is 0 Å². The molecule has 1 nitrogen and oxygen atoms in total. The van der Waals surface area contributed by atoms with Crippen LogP contribution in [0.5, 0.6) is 0 Å². The monoisotopic (exact) mass is 328 g/mol. The maximum atomic E-state index is 6.15. The van der Waals surface area contributed by atoms with Gasteiger partial charge in [0.05, 0.1) is 0 Å². The predicted molar refractivity (Wildman–Crippen MR) is 102 cm³/mol. The van der Waals surface area contributed by atoms with E-state index in [1.54, 1.807) is 0 Å². The molecule has 0 fully saturated rings. The van der Waals surface area contributed by atoms with Crippen molar-refractivity contribution in [2.75, 3.05) is 0 Å². The first-order valence-corrected chi connectivity index (χ1v) is 8.27. The molecule has 24 heavy (non-hydrogen) atoms. The number of halogens is 1. The van der Waals surface area contributed by atoms with Crippen LogP contribution in [0.25, 0.3) is 43.8 Å². The molecule has 114 valence electrons. The van der Waals surface area contributed by atoms with Gasteiger partial charge in [-0.15, -0.1) is 0 Å². The summed E-state index contributed by atoms with van der Waals surface area (Å²) in [5, 5.41) is 5.38. The van der Waals surface area contributed by atoms with Crippen molar-refractivity contribution >= 4 is 44.3 Å². The lowest BCUT2D eigenvalue weighted by atomic mass is 9.99. The molecule has 0 radical (unpaired) electrons. The Balaban J connectivity index is 1.83. The molecular formula is C22H13ClO. The maximum Gasteiger partial charge on any atom is 0.143 e. The molecule has 5 rings (SSSR count). The lowest BCUT2D eigenvalue weighted by Crippen LogP contribution is -1.80. The molecule has 4 aromatic carbocycles. The van der Waals surface area contributed by atoms with E-state index in [1.807, 2.05) is 42.5 Å². The first-order chi connectivity index (χ1) is 11.8. The third-order valence-corrected chi connectivity index (χ3v) is 4.79. The van der Waals surface area contributed by atoms with Crippen molar-refractivity contribution < 1.29 is 4.42 Å². The molecule has 0 bridgehead atoms. The number of rotatable bonds is 1. The van der Waals surface area contributed by atoms with Gasteiger partial charge in [0.15, 0.2) is 0 Å². The van der Waals surface area contributed by atoms with Crippen molar-refractivity contribution in [1.29, 1.82) is 0 Å². The van der Waals surface area contributed by atoms with Gasteiger partial charge in [-0.2, -0.15) is 0 Å². The van der Waals surface area contributed by atoms with E-state index in [9.17, 15) is 0 Å². The molecule has 0 aliphatic heterocycles. The average molecular weight is 329 g/mol. The van der Waals surface area contributed by atoms with E-state index in [-0.39, 0.29) is 0 Å². The molecule has 5 aromatic rings. The Morgan fingerprint density at radius 1 is 0.625 bits per heavy atom. The van der Waals surface area contributed by atoms with E-state index in [2.05, 4.69) is 36.4 Å². The molecule has 0 N–H and O–H groups in total. The lowest BCUT2D eigenvalue weighted by Gasteiger charge is -2.05. The molecule has 1 aromatic heterocycles. The fourth-order valence-corrected chi connectivity index (χ4v) is 3.45. The van der Waals surface area contributed by atoms with Crippen molar-refractivity contribution in [3.8, 4) is 11.1 Å². The summed E-state index contributed by atoms with van der Waals surface area (Å²) in [6, 6.07) is 26.9. The number of hydrogen-bond donors (Lipinski definition) is 0. The summed E-state index contributed by atoms with van der Waals surface area (Å²) in [6.07, 6.45) is 0. The molecule has 0 aliphatic rings. The van der Waals surface area contributed by atoms with Crippen molar-refractivity contribution in [3.63, 3.8) is 0 Å². The molecule has 0 atom stereocenters. The van der Waals surface area contributed by atoms with Crippen LogP contribution in [0.3, 0.4) is 0 Å². The zero-order valence-electron chi connectivity index (χ0n) is 12.8. The summed E-state index contributed by atoms with van der Waals surface area (Å²) < 4.78 is 6.15. The molecule has 0 amide bonds. The standard InChI is InChI=1S/C22H13ClO/c23-17-10-7-14(8-11-17)16-6-5-15-9-12-19-18-3-1-2-4-21(18)24-22(19)20(15)13-16/h1-13H. The Labute approximate surface area is 144 Å². The van der Waals surface area contributed by atoms with Gasteiger partial charge in [0.25, 0.3) is 0 Å². The van der Waals surface area contributed by atoms with Gasteiger partial charge in [-0.1, -0.05) is 60.1 Å². The van der Waals surface area contributed by atoms with Gasteiger partial charge >= 0.3 is 0 Å². The van der Waals surface area contributed by atoms with Crippen molar-refractivity contribution in [2.45, 2.75) is 0 Å². The number of furan rings is 1. The van der Waals surface area contributed by atoms with Gasteiger partial charge < -0.3 is 4.42 Å². The van der Waals surface area contributed by atoms with Crippen molar-refractivity contribution in [1.82, 2.24) is 0 Å². The number of fused-ring (bicyclic) bond motifs is 5. The second-order valence-electron chi connectivity index (χ2n) is 5.98. The first-order valence-electron chi connectivity index (χ1n) is 7.89. The summed E-state index contributed by atoms with van der Waals surface area (Å²) in [5.41, 5.74) is 4.18. The van der Waals surface area contributed by atoms with Crippen LogP contribution in [0.2, 0.25) is 5.02 Å². The maximum absolute atomic E-state index is 6.15. The van der Waals surface area contributed by atoms with E-state index in [4.69, 9.17) is 16.0 Å². The third kappa shape index (κ3) is 2.02. The third-order valence-electron chi connectivity index (χ3n) is 4.54. The summed E-state index contributed by atoms with van der Waals surface area (Å²) in [6.45, 7) is 0. The Bertz CT molecular complexity index is 1200. The summed E-state index contributed by atoms with van der Waals surface area (Å²) in [4.78, 5) is 0. The summed E-state index contributed by atoms with van der Waals surface area (Å²) in [5.74, 6) is 0. The predicted octanol–water partition coefficient (Wildman–Crippen LogP) is 7.06. The Hall–Kier alpha value is -2.77. The van der Waals surface area contributed by atoms with Gasteiger partial charge in [0, 0.05) is 21.2 Å². The molecule has 0 spiro atoms.